The molecule has 2 fully saturated rings. The van der Waals surface area contributed by atoms with Crippen LogP contribution >= 0.6 is 0 Å². The number of ether oxygens (including phenoxy) is 1. The number of carbonyl (C=O) groups is 3. The summed E-state index contributed by atoms with van der Waals surface area (Å²) >= 11 is 0. The predicted octanol–water partition coefficient (Wildman–Crippen LogP) is 3.42. The van der Waals surface area contributed by atoms with Crippen molar-refractivity contribution in [2.75, 3.05) is 23.4 Å². The van der Waals surface area contributed by atoms with E-state index in [2.05, 4.69) is 5.32 Å². The smallest absolute Gasteiger partial charge is 0.261 e. The van der Waals surface area contributed by atoms with Crippen molar-refractivity contribution in [1.82, 2.24) is 4.90 Å². The molecule has 0 bridgehead atoms. The van der Waals surface area contributed by atoms with Crippen LogP contribution in [0.25, 0.3) is 0 Å². The standard InChI is InChI=1S/C30H37N3O6Si/c1-18-28(40(2,3)38)25(16-27(36)32-14-6-8-21(32)17-34)39-30(18)22-15-20(11-12-23(22)31-29(30)37)33-24-9-5-4-7-19(24)10-13-26(33)35/h4-5,7,9,11-12,15,18,21,25,28,34,38H,6,8,10,13-14,16-17H2,1-3H3,(H,31,37)/t18-,21-,25+,28-,30+/m0/s1. The number of likely N-dealkylation sites (tertiary alicyclic amines) is 1. The summed E-state index contributed by atoms with van der Waals surface area (Å²) in [4.78, 5) is 55.2. The number of nitrogens with zero attached hydrogens (tertiary/aromatic N) is 2. The number of aliphatic hydroxyl groups excluding tert-OH is 1. The van der Waals surface area contributed by atoms with Crippen LogP contribution in [0, 0.1) is 5.92 Å². The lowest BCUT2D eigenvalue weighted by molar-refractivity contribution is -0.148. The van der Waals surface area contributed by atoms with Crippen LogP contribution in [-0.2, 0) is 31.1 Å². The van der Waals surface area contributed by atoms with Gasteiger partial charge < -0.3 is 24.9 Å². The van der Waals surface area contributed by atoms with E-state index in [1.54, 1.807) is 9.80 Å². The molecule has 1 spiro atoms. The van der Waals surface area contributed by atoms with E-state index < -0.39 is 25.9 Å². The molecule has 0 aromatic heterocycles. The zero-order valence-corrected chi connectivity index (χ0v) is 24.2. The largest absolute Gasteiger partial charge is 0.432 e. The zero-order valence-electron chi connectivity index (χ0n) is 23.2. The van der Waals surface area contributed by atoms with Crippen LogP contribution in [0.3, 0.4) is 0 Å². The number of aliphatic hydroxyl groups is 1. The second kappa shape index (κ2) is 9.80. The van der Waals surface area contributed by atoms with Gasteiger partial charge in [-0.2, -0.15) is 0 Å². The first-order chi connectivity index (χ1) is 19.1. The maximum Gasteiger partial charge on any atom is 0.261 e. The first kappa shape index (κ1) is 27.1. The summed E-state index contributed by atoms with van der Waals surface area (Å²) in [6.45, 7) is 6.08. The van der Waals surface area contributed by atoms with E-state index in [-0.39, 0.29) is 42.3 Å². The van der Waals surface area contributed by atoms with Gasteiger partial charge in [0.05, 0.1) is 30.9 Å². The van der Waals surface area contributed by atoms with Gasteiger partial charge in [0.25, 0.3) is 5.91 Å². The molecule has 2 aromatic carbocycles. The number of anilines is 3. The van der Waals surface area contributed by atoms with Gasteiger partial charge in [-0.1, -0.05) is 25.1 Å². The molecule has 6 rings (SSSR count). The molecule has 4 aliphatic heterocycles. The van der Waals surface area contributed by atoms with Crippen molar-refractivity contribution in [3.8, 4) is 0 Å². The Bertz CT molecular complexity index is 1380. The number of para-hydroxylation sites is 1. The monoisotopic (exact) mass is 563 g/mol. The second-order valence-electron chi connectivity index (χ2n) is 12.2. The first-order valence-electron chi connectivity index (χ1n) is 14.2. The number of carbonyl (C=O) groups excluding carboxylic acids is 3. The zero-order chi connectivity index (χ0) is 28.4. The molecule has 10 heteroatoms. The molecule has 5 atom stereocenters. The van der Waals surface area contributed by atoms with Gasteiger partial charge in [-0.05, 0) is 62.2 Å². The third-order valence-corrected chi connectivity index (χ3v) is 11.9. The topological polar surface area (TPSA) is 119 Å². The number of nitrogens with one attached hydrogen (secondary N) is 1. The number of hydrogen-bond donors (Lipinski definition) is 3. The number of hydrogen-bond acceptors (Lipinski definition) is 6. The van der Waals surface area contributed by atoms with Gasteiger partial charge in [-0.15, -0.1) is 0 Å². The average molecular weight is 564 g/mol. The van der Waals surface area contributed by atoms with E-state index in [0.717, 1.165) is 24.1 Å². The molecular formula is C30H37N3O6Si. The highest BCUT2D eigenvalue weighted by atomic mass is 28.4. The molecule has 0 radical (unpaired) electrons. The molecule has 3 N–H and O–H groups in total. The number of fused-ring (bicyclic) bond motifs is 3. The van der Waals surface area contributed by atoms with Crippen LogP contribution in [-0.4, -0.2) is 66.1 Å². The minimum absolute atomic E-state index is 0.0142. The van der Waals surface area contributed by atoms with Crippen LogP contribution in [0.4, 0.5) is 17.1 Å². The predicted molar refractivity (Wildman–Crippen MR) is 153 cm³/mol. The normalized spacial score (nSPS) is 29.6. The van der Waals surface area contributed by atoms with Crippen LogP contribution in [0.1, 0.15) is 43.7 Å². The highest BCUT2D eigenvalue weighted by Gasteiger charge is 2.65. The molecule has 2 saturated heterocycles. The van der Waals surface area contributed by atoms with Gasteiger partial charge >= 0.3 is 0 Å². The van der Waals surface area contributed by atoms with Crippen molar-refractivity contribution >= 4 is 43.1 Å². The van der Waals surface area contributed by atoms with E-state index in [1.807, 2.05) is 62.5 Å². The fourth-order valence-electron chi connectivity index (χ4n) is 7.58. The minimum Gasteiger partial charge on any atom is -0.432 e. The number of rotatable bonds is 5. The van der Waals surface area contributed by atoms with Gasteiger partial charge in [0.1, 0.15) is 0 Å². The second-order valence-corrected chi connectivity index (χ2v) is 16.1. The fourth-order valence-corrected chi connectivity index (χ4v) is 10.1. The molecule has 4 heterocycles. The Balaban J connectivity index is 1.39. The van der Waals surface area contributed by atoms with Crippen molar-refractivity contribution in [1.29, 1.82) is 0 Å². The Hall–Kier alpha value is -3.05. The van der Waals surface area contributed by atoms with Crippen LogP contribution in [0.5, 0.6) is 0 Å². The number of benzene rings is 2. The summed E-state index contributed by atoms with van der Waals surface area (Å²) in [5.41, 5.74) is 2.04. The summed E-state index contributed by atoms with van der Waals surface area (Å²) in [5.74, 6) is -0.869. The molecule has 9 nitrogen and oxygen atoms in total. The molecule has 3 amide bonds. The van der Waals surface area contributed by atoms with Crippen molar-refractivity contribution in [2.45, 2.75) is 75.4 Å². The molecule has 4 aliphatic rings. The quantitative estimate of drug-likeness (QED) is 0.480. The highest BCUT2D eigenvalue weighted by molar-refractivity contribution is 6.71. The lowest BCUT2D eigenvalue weighted by Crippen LogP contribution is -2.44. The van der Waals surface area contributed by atoms with Crippen LogP contribution in [0.15, 0.2) is 42.5 Å². The maximum atomic E-state index is 13.8. The molecule has 0 unspecified atom stereocenters. The SMILES string of the molecule is C[C@H]1[C@H]([Si](C)(C)O)[C@@H](CC(=O)N2CCC[C@H]2CO)O[C@]12C(=O)Nc1ccc(N3C(=O)CCc4ccccc43)cc12. The fraction of sp³-hybridized carbons (Fsp3) is 0.500. The molecule has 40 heavy (non-hydrogen) atoms. The van der Waals surface area contributed by atoms with E-state index in [4.69, 9.17) is 4.74 Å². The number of amides is 3. The van der Waals surface area contributed by atoms with E-state index >= 15 is 0 Å². The van der Waals surface area contributed by atoms with Gasteiger partial charge in [0, 0.05) is 41.4 Å². The van der Waals surface area contributed by atoms with Crippen molar-refractivity contribution in [2.24, 2.45) is 5.92 Å². The Morgan fingerprint density at radius 1 is 1.18 bits per heavy atom. The Morgan fingerprint density at radius 3 is 2.70 bits per heavy atom. The number of aryl methyl sites for hydroxylation is 1. The summed E-state index contributed by atoms with van der Waals surface area (Å²) in [6, 6.07) is 13.1. The van der Waals surface area contributed by atoms with E-state index in [1.165, 1.54) is 0 Å². The molecular weight excluding hydrogens is 526 g/mol. The summed E-state index contributed by atoms with van der Waals surface area (Å²) in [7, 11) is -2.92. The van der Waals surface area contributed by atoms with Gasteiger partial charge in [-0.25, -0.2) is 0 Å². The molecule has 212 valence electrons. The van der Waals surface area contributed by atoms with Gasteiger partial charge in [0.2, 0.25) is 11.8 Å². The molecule has 0 aliphatic carbocycles. The third-order valence-electron chi connectivity index (χ3n) is 9.35. The average Bonchev–Trinajstić information content (AvgIpc) is 3.59. The Kier molecular flexibility index (Phi) is 6.64. The van der Waals surface area contributed by atoms with Crippen LogP contribution < -0.4 is 10.2 Å². The summed E-state index contributed by atoms with van der Waals surface area (Å²) in [5, 5.41) is 12.7. The Labute approximate surface area is 235 Å². The Morgan fingerprint density at radius 2 is 1.95 bits per heavy atom. The van der Waals surface area contributed by atoms with Crippen molar-refractivity contribution in [3.63, 3.8) is 0 Å². The third kappa shape index (κ3) is 4.11. The van der Waals surface area contributed by atoms with Crippen molar-refractivity contribution in [3.05, 3.63) is 53.6 Å². The minimum atomic E-state index is -2.92. The molecule has 0 saturated carbocycles. The van der Waals surface area contributed by atoms with E-state index in [0.29, 0.717) is 36.3 Å². The molecule has 2 aromatic rings. The first-order valence-corrected chi connectivity index (χ1v) is 17.3. The lowest BCUT2D eigenvalue weighted by atomic mass is 9.82. The summed E-state index contributed by atoms with van der Waals surface area (Å²) < 4.78 is 6.69. The maximum absolute atomic E-state index is 13.8. The highest BCUT2D eigenvalue weighted by Crippen LogP contribution is 2.59. The van der Waals surface area contributed by atoms with Crippen LogP contribution in [0.2, 0.25) is 18.6 Å². The van der Waals surface area contributed by atoms with Gasteiger partial charge in [-0.3, -0.25) is 19.3 Å². The lowest BCUT2D eigenvalue weighted by Gasteiger charge is -2.33. The van der Waals surface area contributed by atoms with Gasteiger partial charge in [0.15, 0.2) is 13.9 Å². The van der Waals surface area contributed by atoms with Crippen molar-refractivity contribution < 1.29 is 29.0 Å². The van der Waals surface area contributed by atoms with E-state index in [9.17, 15) is 24.3 Å². The summed E-state index contributed by atoms with van der Waals surface area (Å²) in [6.07, 6.45) is 2.04.